The van der Waals surface area contributed by atoms with E-state index in [0.717, 1.165) is 6.61 Å². The van der Waals surface area contributed by atoms with Crippen LogP contribution in [0.25, 0.3) is 0 Å². The zero-order valence-corrected chi connectivity index (χ0v) is 7.64. The molecule has 0 spiro atoms. The van der Waals surface area contributed by atoms with E-state index < -0.39 is 0 Å². The summed E-state index contributed by atoms with van der Waals surface area (Å²) in [6, 6.07) is 0. The fraction of sp³-hybridized carbons (Fsp3) is 1.00. The maximum Gasteiger partial charge on any atom is 0.0575 e. The van der Waals surface area contributed by atoms with E-state index in [9.17, 15) is 0 Å². The summed E-state index contributed by atoms with van der Waals surface area (Å²) in [4.78, 5) is 0. The van der Waals surface area contributed by atoms with Gasteiger partial charge in [0.25, 0.3) is 0 Å². The smallest absolute Gasteiger partial charge is 0.0575 e. The van der Waals surface area contributed by atoms with Crippen molar-refractivity contribution in [1.29, 1.82) is 0 Å². The molecule has 68 valence electrons. The van der Waals surface area contributed by atoms with Crippen LogP contribution in [0, 0.1) is 0 Å². The lowest BCUT2D eigenvalue weighted by atomic mass is 10.2. The van der Waals surface area contributed by atoms with Crippen molar-refractivity contribution < 1.29 is 4.74 Å². The Morgan fingerprint density at radius 3 is 2.09 bits per heavy atom. The lowest BCUT2D eigenvalue weighted by molar-refractivity contribution is 0.0525. The summed E-state index contributed by atoms with van der Waals surface area (Å²) in [6.45, 7) is 2.98. The lowest BCUT2D eigenvalue weighted by Crippen LogP contribution is -2.10. The summed E-state index contributed by atoms with van der Waals surface area (Å²) in [7, 11) is 0. The van der Waals surface area contributed by atoms with Crippen LogP contribution < -0.4 is 6.15 Å². The maximum atomic E-state index is 5.56. The highest BCUT2D eigenvalue weighted by Gasteiger charge is 2.10. The minimum absolute atomic E-state index is 0. The molecule has 1 aliphatic rings. The van der Waals surface area contributed by atoms with Crippen LogP contribution in [0.2, 0.25) is 0 Å². The van der Waals surface area contributed by atoms with Crippen molar-refractivity contribution in [3.05, 3.63) is 0 Å². The standard InChI is InChI=1S/C9H18O.H3N/c1-2-10-9-7-5-3-4-6-8-9;/h9H,2-8H2,1H3;1H3. The van der Waals surface area contributed by atoms with Crippen molar-refractivity contribution in [2.75, 3.05) is 6.61 Å². The Hall–Kier alpha value is -0.0800. The molecule has 0 unspecified atom stereocenters. The monoisotopic (exact) mass is 159 g/mol. The van der Waals surface area contributed by atoms with Crippen molar-refractivity contribution in [2.45, 2.75) is 51.6 Å². The molecule has 0 aromatic heterocycles. The third kappa shape index (κ3) is 4.38. The molecule has 0 aliphatic heterocycles. The Labute approximate surface area is 69.9 Å². The van der Waals surface area contributed by atoms with Crippen LogP contribution in [-0.2, 0) is 4.74 Å². The van der Waals surface area contributed by atoms with Crippen LogP contribution in [0.1, 0.15) is 45.4 Å². The molecule has 0 aromatic carbocycles. The Morgan fingerprint density at radius 1 is 1.09 bits per heavy atom. The first-order valence-corrected chi connectivity index (χ1v) is 4.55. The molecule has 2 heteroatoms. The molecule has 11 heavy (non-hydrogen) atoms. The first-order valence-electron chi connectivity index (χ1n) is 4.55. The third-order valence-corrected chi connectivity index (χ3v) is 2.20. The molecule has 0 bridgehead atoms. The molecule has 0 radical (unpaired) electrons. The third-order valence-electron chi connectivity index (χ3n) is 2.20. The molecule has 1 fully saturated rings. The molecule has 2 nitrogen and oxygen atoms in total. The largest absolute Gasteiger partial charge is 0.379 e. The quantitative estimate of drug-likeness (QED) is 0.629. The van der Waals surface area contributed by atoms with Gasteiger partial charge in [0.2, 0.25) is 0 Å². The molecule has 1 saturated carbocycles. The maximum absolute atomic E-state index is 5.56. The first kappa shape index (κ1) is 10.9. The van der Waals surface area contributed by atoms with Gasteiger partial charge in [-0.15, -0.1) is 0 Å². The summed E-state index contributed by atoms with van der Waals surface area (Å²) >= 11 is 0. The second kappa shape index (κ2) is 6.62. The van der Waals surface area contributed by atoms with Gasteiger partial charge >= 0.3 is 0 Å². The lowest BCUT2D eigenvalue weighted by Gasteiger charge is -2.12. The van der Waals surface area contributed by atoms with Gasteiger partial charge < -0.3 is 10.9 Å². The van der Waals surface area contributed by atoms with Gasteiger partial charge in [0.15, 0.2) is 0 Å². The van der Waals surface area contributed by atoms with Crippen molar-refractivity contribution in [2.24, 2.45) is 0 Å². The molecule has 3 N–H and O–H groups in total. The number of rotatable bonds is 2. The second-order valence-electron chi connectivity index (χ2n) is 3.07. The summed E-state index contributed by atoms with van der Waals surface area (Å²) in [5.41, 5.74) is 0. The van der Waals surface area contributed by atoms with Gasteiger partial charge in [-0.3, -0.25) is 0 Å². The highest BCUT2D eigenvalue weighted by molar-refractivity contribution is 4.63. The Morgan fingerprint density at radius 2 is 1.64 bits per heavy atom. The van der Waals surface area contributed by atoms with E-state index in [1.807, 2.05) is 0 Å². The van der Waals surface area contributed by atoms with Crippen LogP contribution in [0.15, 0.2) is 0 Å². The minimum atomic E-state index is 0. The molecule has 0 amide bonds. The van der Waals surface area contributed by atoms with Gasteiger partial charge in [-0.05, 0) is 19.8 Å². The topological polar surface area (TPSA) is 44.2 Å². The summed E-state index contributed by atoms with van der Waals surface area (Å²) in [5, 5.41) is 0. The first-order chi connectivity index (χ1) is 4.93. The number of ether oxygens (including phenoxy) is 1. The number of hydrogen-bond acceptors (Lipinski definition) is 2. The van der Waals surface area contributed by atoms with Gasteiger partial charge in [-0.1, -0.05) is 25.7 Å². The molecule has 0 aromatic rings. The molecule has 0 heterocycles. The van der Waals surface area contributed by atoms with Crippen molar-refractivity contribution in [3.8, 4) is 0 Å². The second-order valence-corrected chi connectivity index (χ2v) is 3.07. The zero-order valence-electron chi connectivity index (χ0n) is 7.64. The molecular weight excluding hydrogens is 138 g/mol. The van der Waals surface area contributed by atoms with Crippen LogP contribution >= 0.6 is 0 Å². The fourth-order valence-corrected chi connectivity index (χ4v) is 1.64. The SMILES string of the molecule is CCOC1CCCCCC1.N. The molecule has 1 rings (SSSR count). The zero-order chi connectivity index (χ0) is 7.23. The molecule has 1 aliphatic carbocycles. The van der Waals surface area contributed by atoms with Crippen molar-refractivity contribution >= 4 is 0 Å². The molecule has 0 atom stereocenters. The van der Waals surface area contributed by atoms with Gasteiger partial charge in [0.05, 0.1) is 6.10 Å². The average Bonchev–Trinajstić information content (AvgIpc) is 2.17. The van der Waals surface area contributed by atoms with Crippen molar-refractivity contribution in [1.82, 2.24) is 6.15 Å². The van der Waals surface area contributed by atoms with E-state index in [-0.39, 0.29) is 6.15 Å². The van der Waals surface area contributed by atoms with E-state index in [1.54, 1.807) is 0 Å². The van der Waals surface area contributed by atoms with Crippen LogP contribution in [0.4, 0.5) is 0 Å². The van der Waals surface area contributed by atoms with Gasteiger partial charge in [-0.25, -0.2) is 0 Å². The summed E-state index contributed by atoms with van der Waals surface area (Å²) in [6.07, 6.45) is 8.79. The summed E-state index contributed by atoms with van der Waals surface area (Å²) < 4.78 is 5.56. The Bertz CT molecular complexity index is 77.6. The van der Waals surface area contributed by atoms with Crippen LogP contribution in [-0.4, -0.2) is 12.7 Å². The molecular formula is C9H21NO. The number of hydrogen-bond donors (Lipinski definition) is 1. The van der Waals surface area contributed by atoms with Crippen molar-refractivity contribution in [3.63, 3.8) is 0 Å². The normalized spacial score (nSPS) is 20.5. The Kier molecular flexibility index (Phi) is 6.57. The van der Waals surface area contributed by atoms with E-state index >= 15 is 0 Å². The van der Waals surface area contributed by atoms with Crippen LogP contribution in [0.5, 0.6) is 0 Å². The summed E-state index contributed by atoms with van der Waals surface area (Å²) in [5.74, 6) is 0. The van der Waals surface area contributed by atoms with Gasteiger partial charge in [0, 0.05) is 6.61 Å². The predicted octanol–water partition coefficient (Wildman–Crippen LogP) is 2.91. The minimum Gasteiger partial charge on any atom is -0.379 e. The highest BCUT2D eigenvalue weighted by Crippen LogP contribution is 2.19. The molecule has 0 saturated heterocycles. The van der Waals surface area contributed by atoms with E-state index in [4.69, 9.17) is 4.74 Å². The fourth-order valence-electron chi connectivity index (χ4n) is 1.64. The average molecular weight is 159 g/mol. The van der Waals surface area contributed by atoms with E-state index in [0.29, 0.717) is 6.10 Å². The van der Waals surface area contributed by atoms with Gasteiger partial charge in [0.1, 0.15) is 0 Å². The van der Waals surface area contributed by atoms with E-state index in [2.05, 4.69) is 6.92 Å². The highest BCUT2D eigenvalue weighted by atomic mass is 16.5. The van der Waals surface area contributed by atoms with Gasteiger partial charge in [-0.2, -0.15) is 0 Å². The Balaban J connectivity index is 0.000001000. The van der Waals surface area contributed by atoms with E-state index in [1.165, 1.54) is 38.5 Å². The predicted molar refractivity (Wildman–Crippen MR) is 48.1 cm³/mol. The van der Waals surface area contributed by atoms with Crippen LogP contribution in [0.3, 0.4) is 0 Å².